The zero-order chi connectivity index (χ0) is 11.8. The number of hydrogen-bond donors (Lipinski definition) is 1. The molecule has 1 heterocycles. The first-order chi connectivity index (χ1) is 8.25. The Morgan fingerprint density at radius 3 is 2.82 bits per heavy atom. The number of hydrogen-bond acceptors (Lipinski definition) is 3. The summed E-state index contributed by atoms with van der Waals surface area (Å²) in [5.41, 5.74) is 4.62. The van der Waals surface area contributed by atoms with Gasteiger partial charge in [-0.1, -0.05) is 12.1 Å². The smallest absolute Gasteiger partial charge is 0.144 e. The van der Waals surface area contributed by atoms with E-state index in [9.17, 15) is 9.18 Å². The van der Waals surface area contributed by atoms with Gasteiger partial charge in [0.05, 0.1) is 17.7 Å². The van der Waals surface area contributed by atoms with Gasteiger partial charge in [0.2, 0.25) is 0 Å². The summed E-state index contributed by atoms with van der Waals surface area (Å²) in [6, 6.07) is 6.30. The van der Waals surface area contributed by atoms with Gasteiger partial charge in [-0.2, -0.15) is 5.10 Å². The highest BCUT2D eigenvalue weighted by molar-refractivity contribution is 6.15. The molecule has 17 heavy (non-hydrogen) atoms. The maximum Gasteiger partial charge on any atom is 0.144 e. The number of hydrazone groups is 1. The number of benzene rings is 1. The van der Waals surface area contributed by atoms with Crippen LogP contribution in [0.5, 0.6) is 0 Å². The maximum absolute atomic E-state index is 12.9. The fourth-order valence-electron chi connectivity index (χ4n) is 2.61. The van der Waals surface area contributed by atoms with Gasteiger partial charge in [0.1, 0.15) is 11.6 Å². The lowest BCUT2D eigenvalue weighted by atomic mass is 9.80. The van der Waals surface area contributed by atoms with Crippen molar-refractivity contribution < 1.29 is 9.18 Å². The van der Waals surface area contributed by atoms with E-state index in [1.807, 2.05) is 0 Å². The molecule has 3 nitrogen and oxygen atoms in total. The number of ketones is 1. The van der Waals surface area contributed by atoms with Gasteiger partial charge in [0, 0.05) is 6.42 Å². The number of fused-ring (bicyclic) bond motifs is 1. The van der Waals surface area contributed by atoms with Crippen molar-refractivity contribution in [3.05, 3.63) is 35.6 Å². The lowest BCUT2D eigenvalue weighted by Gasteiger charge is -2.24. The van der Waals surface area contributed by atoms with Crippen molar-refractivity contribution >= 4 is 11.5 Å². The normalized spacial score (nSPS) is 27.4. The van der Waals surface area contributed by atoms with Crippen LogP contribution in [-0.2, 0) is 4.79 Å². The molecule has 2 aliphatic rings. The van der Waals surface area contributed by atoms with Crippen molar-refractivity contribution in [1.82, 2.24) is 5.43 Å². The minimum Gasteiger partial charge on any atom is -0.306 e. The Hall–Kier alpha value is -1.71. The van der Waals surface area contributed by atoms with Gasteiger partial charge in [-0.05, 0) is 30.5 Å². The molecule has 0 saturated heterocycles. The largest absolute Gasteiger partial charge is 0.306 e. The van der Waals surface area contributed by atoms with E-state index in [-0.39, 0.29) is 23.6 Å². The predicted octanol–water partition coefficient (Wildman–Crippen LogP) is 1.87. The summed E-state index contributed by atoms with van der Waals surface area (Å²) < 4.78 is 12.9. The highest BCUT2D eigenvalue weighted by Gasteiger charge is 2.39. The van der Waals surface area contributed by atoms with E-state index in [1.165, 1.54) is 12.1 Å². The summed E-state index contributed by atoms with van der Waals surface area (Å²) in [4.78, 5) is 11.9. The second kappa shape index (κ2) is 3.95. The Morgan fingerprint density at radius 2 is 2.06 bits per heavy atom. The summed E-state index contributed by atoms with van der Waals surface area (Å²) in [5.74, 6) is -0.171. The quantitative estimate of drug-likeness (QED) is 0.803. The maximum atomic E-state index is 12.9. The fraction of sp³-hybridized carbons (Fsp3) is 0.385. The van der Waals surface area contributed by atoms with Gasteiger partial charge < -0.3 is 5.43 Å². The molecule has 0 spiro atoms. The van der Waals surface area contributed by atoms with Crippen LogP contribution in [0.3, 0.4) is 0 Å². The molecule has 0 amide bonds. The van der Waals surface area contributed by atoms with Crippen molar-refractivity contribution in [3.63, 3.8) is 0 Å². The predicted molar refractivity (Wildman–Crippen MR) is 62.2 cm³/mol. The highest BCUT2D eigenvalue weighted by Crippen LogP contribution is 2.29. The molecule has 2 atom stereocenters. The number of nitrogens with one attached hydrogen (secondary N) is 1. The molecule has 2 unspecified atom stereocenters. The first-order valence-electron chi connectivity index (χ1n) is 5.87. The monoisotopic (exact) mass is 232 g/mol. The lowest BCUT2D eigenvalue weighted by molar-refractivity contribution is -0.122. The number of carbonyl (C=O) groups excluding carboxylic acids is 1. The van der Waals surface area contributed by atoms with E-state index in [1.54, 1.807) is 12.1 Å². The van der Waals surface area contributed by atoms with Crippen LogP contribution in [0.15, 0.2) is 29.4 Å². The first kappa shape index (κ1) is 10.4. The van der Waals surface area contributed by atoms with E-state index >= 15 is 0 Å². The molecule has 88 valence electrons. The van der Waals surface area contributed by atoms with Crippen LogP contribution >= 0.6 is 0 Å². The molecule has 4 heteroatoms. The summed E-state index contributed by atoms with van der Waals surface area (Å²) in [6.07, 6.45) is 2.53. The molecule has 0 radical (unpaired) electrons. The summed E-state index contributed by atoms with van der Waals surface area (Å²) in [5, 5.41) is 4.25. The van der Waals surface area contributed by atoms with Crippen molar-refractivity contribution in [1.29, 1.82) is 0 Å². The standard InChI is InChI=1S/C13H13FN2O/c14-9-6-4-8(5-7-9)13-12-10(15-16-13)2-1-3-11(12)17/h4-7,10,12,15H,1-3H2. The third-order valence-electron chi connectivity index (χ3n) is 3.47. The van der Waals surface area contributed by atoms with Gasteiger partial charge in [-0.25, -0.2) is 4.39 Å². The van der Waals surface area contributed by atoms with E-state index in [4.69, 9.17) is 0 Å². The van der Waals surface area contributed by atoms with Crippen LogP contribution in [0, 0.1) is 11.7 Å². The van der Waals surface area contributed by atoms with Crippen LogP contribution in [0.2, 0.25) is 0 Å². The fourth-order valence-corrected chi connectivity index (χ4v) is 2.61. The van der Waals surface area contributed by atoms with E-state index in [0.717, 1.165) is 24.1 Å². The number of nitrogens with zero attached hydrogens (tertiary/aromatic N) is 1. The Kier molecular flexibility index (Phi) is 2.42. The topological polar surface area (TPSA) is 41.5 Å². The number of halogens is 1. The molecule has 3 rings (SSSR count). The molecule has 1 aromatic rings. The third kappa shape index (κ3) is 1.73. The molecule has 1 aliphatic carbocycles. The van der Waals surface area contributed by atoms with Crippen molar-refractivity contribution in [2.24, 2.45) is 11.0 Å². The Labute approximate surface area is 98.7 Å². The molecule has 1 fully saturated rings. The lowest BCUT2D eigenvalue weighted by Crippen LogP contribution is -2.39. The minimum absolute atomic E-state index is 0.135. The number of carbonyl (C=O) groups is 1. The van der Waals surface area contributed by atoms with Crippen LogP contribution in [-0.4, -0.2) is 17.5 Å². The number of rotatable bonds is 1. The molecular formula is C13H13FN2O. The molecule has 1 aliphatic heterocycles. The average Bonchev–Trinajstić information content (AvgIpc) is 2.75. The number of Topliss-reactive ketones (excluding diaryl/α,β-unsaturated/α-hetero) is 1. The molecular weight excluding hydrogens is 219 g/mol. The zero-order valence-corrected chi connectivity index (χ0v) is 9.32. The third-order valence-corrected chi connectivity index (χ3v) is 3.47. The van der Waals surface area contributed by atoms with Crippen LogP contribution < -0.4 is 5.43 Å². The van der Waals surface area contributed by atoms with Gasteiger partial charge >= 0.3 is 0 Å². The minimum atomic E-state index is -0.271. The first-order valence-corrected chi connectivity index (χ1v) is 5.87. The van der Waals surface area contributed by atoms with Gasteiger partial charge in [0.25, 0.3) is 0 Å². The average molecular weight is 232 g/mol. The Morgan fingerprint density at radius 1 is 1.29 bits per heavy atom. The molecule has 1 saturated carbocycles. The summed E-state index contributed by atoms with van der Waals surface area (Å²) in [7, 11) is 0. The van der Waals surface area contributed by atoms with Gasteiger partial charge in [-0.15, -0.1) is 0 Å². The molecule has 1 N–H and O–H groups in total. The van der Waals surface area contributed by atoms with E-state index < -0.39 is 0 Å². The Balaban J connectivity index is 1.93. The van der Waals surface area contributed by atoms with Crippen LogP contribution in [0.25, 0.3) is 0 Å². The molecule has 0 bridgehead atoms. The molecule has 1 aromatic carbocycles. The van der Waals surface area contributed by atoms with Crippen LogP contribution in [0.1, 0.15) is 24.8 Å². The van der Waals surface area contributed by atoms with Crippen LogP contribution in [0.4, 0.5) is 4.39 Å². The Bertz CT molecular complexity index is 481. The van der Waals surface area contributed by atoms with Crippen molar-refractivity contribution in [2.75, 3.05) is 0 Å². The second-order valence-electron chi connectivity index (χ2n) is 4.58. The summed E-state index contributed by atoms with van der Waals surface area (Å²) >= 11 is 0. The highest BCUT2D eigenvalue weighted by atomic mass is 19.1. The van der Waals surface area contributed by atoms with Gasteiger partial charge in [0.15, 0.2) is 0 Å². The SMILES string of the molecule is O=C1CCCC2NN=C(c3ccc(F)cc3)C12. The second-order valence-corrected chi connectivity index (χ2v) is 4.58. The van der Waals surface area contributed by atoms with Crippen molar-refractivity contribution in [3.8, 4) is 0 Å². The van der Waals surface area contributed by atoms with E-state index in [0.29, 0.717) is 6.42 Å². The molecule has 0 aromatic heterocycles. The van der Waals surface area contributed by atoms with Gasteiger partial charge in [-0.3, -0.25) is 4.79 Å². The van der Waals surface area contributed by atoms with Crippen molar-refractivity contribution in [2.45, 2.75) is 25.3 Å². The van der Waals surface area contributed by atoms with E-state index in [2.05, 4.69) is 10.5 Å². The summed E-state index contributed by atoms with van der Waals surface area (Å²) in [6.45, 7) is 0. The zero-order valence-electron chi connectivity index (χ0n) is 9.32.